The van der Waals surface area contributed by atoms with Crippen molar-refractivity contribution >= 4 is 39.3 Å². The molecule has 8 heteroatoms. The summed E-state index contributed by atoms with van der Waals surface area (Å²) in [7, 11) is 0. The van der Waals surface area contributed by atoms with Gasteiger partial charge in [-0.3, -0.25) is 15.0 Å². The molecule has 0 unspecified atom stereocenters. The molecule has 35 heavy (non-hydrogen) atoms. The molecule has 3 aromatic carbocycles. The molecule has 0 saturated carbocycles. The van der Waals surface area contributed by atoms with Crippen molar-refractivity contribution in [3.05, 3.63) is 112 Å². The second kappa shape index (κ2) is 9.44. The van der Waals surface area contributed by atoms with Crippen LogP contribution in [-0.2, 0) is 24.3 Å². The second-order valence-electron chi connectivity index (χ2n) is 8.23. The predicted octanol–water partition coefficient (Wildman–Crippen LogP) is 6.13. The zero-order valence-corrected chi connectivity index (χ0v) is 19.2. The molecule has 176 valence electrons. The Morgan fingerprint density at radius 2 is 1.71 bits per heavy atom. The maximum Gasteiger partial charge on any atom is 0.252 e. The lowest BCUT2D eigenvalue weighted by Gasteiger charge is -2.15. The number of rotatable bonds is 6. The van der Waals surface area contributed by atoms with Crippen LogP contribution in [0.1, 0.15) is 16.8 Å². The third-order valence-corrected chi connectivity index (χ3v) is 6.26. The van der Waals surface area contributed by atoms with E-state index in [4.69, 9.17) is 11.6 Å². The number of amides is 1. The van der Waals surface area contributed by atoms with E-state index in [0.717, 1.165) is 27.9 Å². The molecule has 0 aliphatic heterocycles. The van der Waals surface area contributed by atoms with Gasteiger partial charge in [0.1, 0.15) is 11.6 Å². The van der Waals surface area contributed by atoms with Crippen molar-refractivity contribution in [1.29, 1.82) is 0 Å². The topological polar surface area (TPSA) is 58.4 Å². The fourth-order valence-electron chi connectivity index (χ4n) is 4.22. The van der Waals surface area contributed by atoms with Gasteiger partial charge in [-0.25, -0.2) is 13.8 Å². The highest BCUT2D eigenvalue weighted by atomic mass is 35.5. The molecule has 5 nitrogen and oxygen atoms in total. The van der Waals surface area contributed by atoms with E-state index < -0.39 is 17.5 Å². The standard InChI is InChI=1S/C27H20ClF2N3O2/c28-22-10-11-23(29)21(27(22)30)16-32-24-9-5-4-8-19(24)20-12-18(31-14-25(20)32)13-26(34)33(35)15-17-6-2-1-3-7-17/h1-12,14,35H,13,15-16H2. The van der Waals surface area contributed by atoms with Gasteiger partial charge >= 0.3 is 0 Å². The van der Waals surface area contributed by atoms with Gasteiger partial charge in [0, 0.05) is 21.9 Å². The van der Waals surface area contributed by atoms with Crippen LogP contribution in [0, 0.1) is 11.6 Å². The minimum absolute atomic E-state index is 0.0674. The smallest absolute Gasteiger partial charge is 0.252 e. The fraction of sp³-hybridized carbons (Fsp3) is 0.111. The van der Waals surface area contributed by atoms with Gasteiger partial charge in [-0.15, -0.1) is 0 Å². The van der Waals surface area contributed by atoms with E-state index in [-0.39, 0.29) is 30.1 Å². The highest BCUT2D eigenvalue weighted by Gasteiger charge is 2.19. The van der Waals surface area contributed by atoms with Crippen molar-refractivity contribution < 1.29 is 18.8 Å². The van der Waals surface area contributed by atoms with Crippen LogP contribution in [0.3, 0.4) is 0 Å². The first-order chi connectivity index (χ1) is 16.9. The van der Waals surface area contributed by atoms with E-state index in [1.54, 1.807) is 16.8 Å². The fourth-order valence-corrected chi connectivity index (χ4v) is 4.40. The van der Waals surface area contributed by atoms with Gasteiger partial charge in [0.05, 0.1) is 41.9 Å². The average molecular weight is 492 g/mol. The number of hydrogen-bond acceptors (Lipinski definition) is 3. The van der Waals surface area contributed by atoms with Crippen LogP contribution in [0.2, 0.25) is 5.02 Å². The van der Waals surface area contributed by atoms with Crippen molar-refractivity contribution in [3.8, 4) is 0 Å². The number of hydrogen-bond donors (Lipinski definition) is 1. The number of para-hydroxylation sites is 1. The molecule has 0 spiro atoms. The van der Waals surface area contributed by atoms with E-state index in [1.165, 1.54) is 6.07 Å². The monoisotopic (exact) mass is 491 g/mol. The minimum Gasteiger partial charge on any atom is -0.334 e. The molecule has 0 bridgehead atoms. The van der Waals surface area contributed by atoms with Crippen LogP contribution >= 0.6 is 11.6 Å². The molecule has 0 atom stereocenters. The van der Waals surface area contributed by atoms with Gasteiger partial charge in [0.2, 0.25) is 0 Å². The highest BCUT2D eigenvalue weighted by molar-refractivity contribution is 6.30. The third kappa shape index (κ3) is 4.48. The van der Waals surface area contributed by atoms with Gasteiger partial charge in [0.25, 0.3) is 5.91 Å². The number of fused-ring (bicyclic) bond motifs is 3. The van der Waals surface area contributed by atoms with Gasteiger partial charge in [-0.2, -0.15) is 0 Å². The van der Waals surface area contributed by atoms with E-state index >= 15 is 0 Å². The summed E-state index contributed by atoms with van der Waals surface area (Å²) in [6, 6.07) is 20.7. The number of carbonyl (C=O) groups excluding carboxylic acids is 1. The predicted molar refractivity (Wildman–Crippen MR) is 130 cm³/mol. The van der Waals surface area contributed by atoms with Gasteiger partial charge in [0.15, 0.2) is 0 Å². The Morgan fingerprint density at radius 3 is 2.51 bits per heavy atom. The summed E-state index contributed by atoms with van der Waals surface area (Å²) in [5.41, 5.74) is 2.55. The van der Waals surface area contributed by atoms with Crippen LogP contribution in [-0.4, -0.2) is 25.7 Å². The summed E-state index contributed by atoms with van der Waals surface area (Å²) in [4.78, 5) is 17.0. The van der Waals surface area contributed by atoms with E-state index in [0.29, 0.717) is 16.3 Å². The first kappa shape index (κ1) is 23.0. The van der Waals surface area contributed by atoms with Gasteiger partial charge in [-0.05, 0) is 29.8 Å². The molecule has 0 radical (unpaired) electrons. The Balaban J connectivity index is 1.49. The number of aromatic nitrogens is 2. The normalized spacial score (nSPS) is 11.3. The summed E-state index contributed by atoms with van der Waals surface area (Å²) in [5, 5.41) is 12.4. The summed E-state index contributed by atoms with van der Waals surface area (Å²) >= 11 is 5.89. The number of carbonyl (C=O) groups is 1. The number of pyridine rings is 1. The number of hydroxylamine groups is 2. The largest absolute Gasteiger partial charge is 0.334 e. The molecule has 1 amide bonds. The molecule has 1 N–H and O–H groups in total. The molecule has 5 aromatic rings. The zero-order chi connectivity index (χ0) is 24.5. The van der Waals surface area contributed by atoms with E-state index in [9.17, 15) is 18.8 Å². The van der Waals surface area contributed by atoms with Crippen LogP contribution in [0.5, 0.6) is 0 Å². The maximum absolute atomic E-state index is 14.6. The van der Waals surface area contributed by atoms with Crippen LogP contribution in [0.25, 0.3) is 21.8 Å². The molecule has 2 heterocycles. The lowest BCUT2D eigenvalue weighted by atomic mass is 10.1. The van der Waals surface area contributed by atoms with Crippen LogP contribution in [0.15, 0.2) is 79.0 Å². The first-order valence-corrected chi connectivity index (χ1v) is 11.3. The Labute approximate surface area is 204 Å². The van der Waals surface area contributed by atoms with Crippen molar-refractivity contribution in [3.63, 3.8) is 0 Å². The van der Waals surface area contributed by atoms with Gasteiger partial charge in [-0.1, -0.05) is 60.1 Å². The molecular weight excluding hydrogens is 472 g/mol. The second-order valence-corrected chi connectivity index (χ2v) is 8.64. The van der Waals surface area contributed by atoms with Crippen molar-refractivity contribution in [1.82, 2.24) is 14.6 Å². The molecule has 5 rings (SSSR count). The number of halogens is 3. The third-order valence-electron chi connectivity index (χ3n) is 5.97. The summed E-state index contributed by atoms with van der Waals surface area (Å²) in [5.74, 6) is -1.98. The summed E-state index contributed by atoms with van der Waals surface area (Å²) in [6.07, 6.45) is 1.48. The zero-order valence-electron chi connectivity index (χ0n) is 18.5. The SMILES string of the molecule is O=C(Cc1cc2c3ccccc3n(Cc3c(F)ccc(Cl)c3F)c2cn1)N(O)Cc1ccccc1. The minimum atomic E-state index is -0.797. The van der Waals surface area contributed by atoms with E-state index in [1.807, 2.05) is 54.6 Å². The van der Waals surface area contributed by atoms with Crippen molar-refractivity contribution in [2.24, 2.45) is 0 Å². The van der Waals surface area contributed by atoms with E-state index in [2.05, 4.69) is 4.98 Å². The average Bonchev–Trinajstić information content (AvgIpc) is 3.17. The first-order valence-electron chi connectivity index (χ1n) is 10.9. The lowest BCUT2D eigenvalue weighted by Crippen LogP contribution is -2.28. The highest BCUT2D eigenvalue weighted by Crippen LogP contribution is 2.31. The molecule has 0 saturated heterocycles. The van der Waals surface area contributed by atoms with Crippen LogP contribution < -0.4 is 0 Å². The van der Waals surface area contributed by atoms with Gasteiger partial charge < -0.3 is 4.57 Å². The molecule has 0 aliphatic carbocycles. The maximum atomic E-state index is 14.6. The summed E-state index contributed by atoms with van der Waals surface area (Å²) in [6.45, 7) is -0.0122. The quantitative estimate of drug-likeness (QED) is 0.176. The Kier molecular flexibility index (Phi) is 6.19. The van der Waals surface area contributed by atoms with Crippen molar-refractivity contribution in [2.45, 2.75) is 19.5 Å². The number of benzene rings is 3. The Bertz CT molecular complexity index is 1550. The molecular formula is C27H20ClF2N3O2. The summed E-state index contributed by atoms with van der Waals surface area (Å²) < 4.78 is 30.9. The van der Waals surface area contributed by atoms with Crippen molar-refractivity contribution in [2.75, 3.05) is 0 Å². The lowest BCUT2D eigenvalue weighted by molar-refractivity contribution is -0.167. The number of nitrogens with zero attached hydrogens (tertiary/aromatic N) is 3. The molecule has 0 fully saturated rings. The Hall–Kier alpha value is -3.81. The Morgan fingerprint density at radius 1 is 0.971 bits per heavy atom. The van der Waals surface area contributed by atoms with Crippen LogP contribution in [0.4, 0.5) is 8.78 Å². The molecule has 0 aliphatic rings. The molecule has 2 aromatic heterocycles.